The maximum Gasteiger partial charge on any atom is 0.0385 e. The van der Waals surface area contributed by atoms with E-state index < -0.39 is 10.8 Å². The molecule has 0 spiro atoms. The summed E-state index contributed by atoms with van der Waals surface area (Å²) in [4.78, 5) is 2.57. The maximum atomic E-state index is 11.4. The van der Waals surface area contributed by atoms with Gasteiger partial charge in [-0.15, -0.1) is 0 Å². The Kier molecular flexibility index (Phi) is 6.10. The van der Waals surface area contributed by atoms with Crippen LogP contribution >= 0.6 is 0 Å². The average molecular weight is 260 g/mol. The molecule has 1 aliphatic heterocycles. The highest BCUT2D eigenvalue weighted by Gasteiger charge is 2.32. The third kappa shape index (κ3) is 4.34. The van der Waals surface area contributed by atoms with Crippen molar-refractivity contribution in [3.8, 4) is 0 Å². The van der Waals surface area contributed by atoms with E-state index in [1.807, 2.05) is 0 Å². The summed E-state index contributed by atoms with van der Waals surface area (Å²) in [5, 5.41) is 3.62. The molecule has 0 aliphatic carbocycles. The molecule has 1 rings (SSSR count). The molecule has 1 N–H and O–H groups in total. The summed E-state index contributed by atoms with van der Waals surface area (Å²) in [6, 6.07) is 1.60. The molecule has 1 heterocycles. The highest BCUT2D eigenvalue weighted by molar-refractivity contribution is 7.84. The quantitative estimate of drug-likeness (QED) is 0.812. The van der Waals surface area contributed by atoms with Gasteiger partial charge in [-0.1, -0.05) is 20.8 Å². The second kappa shape index (κ2) is 6.86. The molecular weight excluding hydrogens is 232 g/mol. The van der Waals surface area contributed by atoms with Gasteiger partial charge >= 0.3 is 0 Å². The lowest BCUT2D eigenvalue weighted by Crippen LogP contribution is -2.61. The molecule has 0 aromatic carbocycles. The number of hydrogen-bond donors (Lipinski definition) is 1. The second-order valence-corrected chi connectivity index (χ2v) is 7.09. The largest absolute Gasteiger partial charge is 0.311 e. The van der Waals surface area contributed by atoms with Gasteiger partial charge in [-0.05, 0) is 19.3 Å². The fourth-order valence-electron chi connectivity index (χ4n) is 2.69. The minimum Gasteiger partial charge on any atom is -0.311 e. The molecule has 0 saturated carbocycles. The molecule has 4 unspecified atom stereocenters. The van der Waals surface area contributed by atoms with Crippen LogP contribution < -0.4 is 5.32 Å². The van der Waals surface area contributed by atoms with Crippen LogP contribution in [-0.2, 0) is 10.8 Å². The van der Waals surface area contributed by atoms with Crippen molar-refractivity contribution in [3.63, 3.8) is 0 Å². The second-order valence-electron chi connectivity index (χ2n) is 5.61. The molecule has 0 amide bonds. The number of hydrogen-bond acceptors (Lipinski definition) is 3. The highest BCUT2D eigenvalue weighted by atomic mass is 32.2. The van der Waals surface area contributed by atoms with Gasteiger partial charge in [-0.25, -0.2) is 0 Å². The molecule has 0 radical (unpaired) electrons. The Hall–Kier alpha value is 0.0700. The van der Waals surface area contributed by atoms with E-state index in [0.29, 0.717) is 24.0 Å². The van der Waals surface area contributed by atoms with E-state index in [0.717, 1.165) is 18.8 Å². The van der Waals surface area contributed by atoms with Crippen molar-refractivity contribution in [2.24, 2.45) is 5.92 Å². The molecule has 102 valence electrons. The summed E-state index contributed by atoms with van der Waals surface area (Å²) < 4.78 is 11.4. The molecule has 1 fully saturated rings. The van der Waals surface area contributed by atoms with Gasteiger partial charge < -0.3 is 5.32 Å². The van der Waals surface area contributed by atoms with Crippen LogP contribution in [0.5, 0.6) is 0 Å². The van der Waals surface area contributed by atoms with E-state index in [4.69, 9.17) is 0 Å². The zero-order chi connectivity index (χ0) is 13.0. The number of rotatable bonds is 5. The maximum absolute atomic E-state index is 11.4. The minimum atomic E-state index is -0.701. The Morgan fingerprint density at radius 3 is 2.53 bits per heavy atom. The normalized spacial score (nSPS) is 30.5. The van der Waals surface area contributed by atoms with Crippen LogP contribution in [0.25, 0.3) is 0 Å². The van der Waals surface area contributed by atoms with Crippen molar-refractivity contribution >= 4 is 10.8 Å². The molecular formula is C13H28N2OS. The van der Waals surface area contributed by atoms with E-state index >= 15 is 0 Å². The standard InChI is InChI=1S/C13H28N2OS/c1-6-12-8-15(11(4)9-17(5)16)13(7-14-12)10(2)3/h10-14H,6-9H2,1-5H3. The van der Waals surface area contributed by atoms with Crippen molar-refractivity contribution < 1.29 is 4.21 Å². The monoisotopic (exact) mass is 260 g/mol. The van der Waals surface area contributed by atoms with E-state index in [1.165, 1.54) is 6.42 Å². The first kappa shape index (κ1) is 15.1. The molecule has 0 aromatic heterocycles. The lowest BCUT2D eigenvalue weighted by atomic mass is 9.96. The van der Waals surface area contributed by atoms with Crippen LogP contribution in [0.1, 0.15) is 34.1 Å². The minimum absolute atomic E-state index is 0.421. The third-order valence-corrected chi connectivity index (χ3v) is 4.73. The van der Waals surface area contributed by atoms with Crippen LogP contribution in [0.2, 0.25) is 0 Å². The molecule has 17 heavy (non-hydrogen) atoms. The smallest absolute Gasteiger partial charge is 0.0385 e. The van der Waals surface area contributed by atoms with Gasteiger partial charge in [0.25, 0.3) is 0 Å². The van der Waals surface area contributed by atoms with Gasteiger partial charge in [0.1, 0.15) is 0 Å². The van der Waals surface area contributed by atoms with Gasteiger partial charge in [0.05, 0.1) is 0 Å². The summed E-state index contributed by atoms with van der Waals surface area (Å²) in [5.41, 5.74) is 0. The lowest BCUT2D eigenvalue weighted by molar-refractivity contribution is 0.0697. The Morgan fingerprint density at radius 2 is 2.06 bits per heavy atom. The Bertz CT molecular complexity index is 258. The molecule has 4 atom stereocenters. The number of nitrogens with one attached hydrogen (secondary N) is 1. The third-order valence-electron chi connectivity index (χ3n) is 3.78. The van der Waals surface area contributed by atoms with Crippen LogP contribution in [-0.4, -0.2) is 52.3 Å². The van der Waals surface area contributed by atoms with Crippen LogP contribution in [0.4, 0.5) is 0 Å². The first-order valence-corrected chi connectivity index (χ1v) is 8.47. The Morgan fingerprint density at radius 1 is 1.41 bits per heavy atom. The topological polar surface area (TPSA) is 32.3 Å². The predicted molar refractivity (Wildman–Crippen MR) is 75.8 cm³/mol. The fourth-order valence-corrected chi connectivity index (χ4v) is 3.56. The predicted octanol–water partition coefficient (Wildman–Crippen LogP) is 1.46. The Balaban J connectivity index is 2.69. The van der Waals surface area contributed by atoms with Crippen LogP contribution in [0.3, 0.4) is 0 Å². The SMILES string of the molecule is CCC1CN(C(C)CS(C)=O)C(C(C)C)CN1. The Labute approximate surface area is 109 Å². The molecule has 1 aliphatic rings. The van der Waals surface area contributed by atoms with Crippen molar-refractivity contribution in [1.82, 2.24) is 10.2 Å². The molecule has 3 nitrogen and oxygen atoms in total. The van der Waals surface area contributed by atoms with Crippen molar-refractivity contribution in [2.75, 3.05) is 25.1 Å². The summed E-state index contributed by atoms with van der Waals surface area (Å²) in [7, 11) is -0.701. The van der Waals surface area contributed by atoms with Crippen LogP contribution in [0, 0.1) is 5.92 Å². The van der Waals surface area contributed by atoms with Crippen molar-refractivity contribution in [1.29, 1.82) is 0 Å². The first-order chi connectivity index (χ1) is 7.95. The highest BCUT2D eigenvalue weighted by Crippen LogP contribution is 2.19. The summed E-state index contributed by atoms with van der Waals surface area (Å²) >= 11 is 0. The lowest BCUT2D eigenvalue weighted by Gasteiger charge is -2.45. The van der Waals surface area contributed by atoms with Gasteiger partial charge in [0, 0.05) is 54.0 Å². The fraction of sp³-hybridized carbons (Fsp3) is 1.00. The van der Waals surface area contributed by atoms with E-state index in [1.54, 1.807) is 6.26 Å². The van der Waals surface area contributed by atoms with E-state index in [9.17, 15) is 4.21 Å². The summed E-state index contributed by atoms with van der Waals surface area (Å²) in [6.45, 7) is 11.2. The van der Waals surface area contributed by atoms with E-state index in [-0.39, 0.29) is 0 Å². The van der Waals surface area contributed by atoms with Crippen molar-refractivity contribution in [2.45, 2.75) is 52.2 Å². The van der Waals surface area contributed by atoms with Crippen molar-refractivity contribution in [3.05, 3.63) is 0 Å². The molecule has 0 bridgehead atoms. The van der Waals surface area contributed by atoms with Gasteiger partial charge in [0.2, 0.25) is 0 Å². The first-order valence-electron chi connectivity index (χ1n) is 6.74. The van der Waals surface area contributed by atoms with Crippen LogP contribution in [0.15, 0.2) is 0 Å². The number of nitrogens with zero attached hydrogens (tertiary/aromatic N) is 1. The molecule has 0 aromatic rings. The molecule has 1 saturated heterocycles. The zero-order valence-electron chi connectivity index (χ0n) is 11.9. The molecule has 4 heteroatoms. The summed E-state index contributed by atoms with van der Waals surface area (Å²) in [6.07, 6.45) is 2.98. The van der Waals surface area contributed by atoms with Gasteiger partial charge in [-0.2, -0.15) is 0 Å². The number of piperazine rings is 1. The van der Waals surface area contributed by atoms with Gasteiger partial charge in [-0.3, -0.25) is 9.11 Å². The zero-order valence-corrected chi connectivity index (χ0v) is 12.7. The van der Waals surface area contributed by atoms with E-state index in [2.05, 4.69) is 37.9 Å². The van der Waals surface area contributed by atoms with Gasteiger partial charge in [0.15, 0.2) is 0 Å². The average Bonchev–Trinajstić information content (AvgIpc) is 2.27. The summed E-state index contributed by atoms with van der Waals surface area (Å²) in [5.74, 6) is 1.44.